The van der Waals surface area contributed by atoms with Crippen molar-refractivity contribution < 1.29 is 18.3 Å². The molecule has 1 aromatic rings. The number of carbonyl (C=O) groups is 1. The van der Waals surface area contributed by atoms with Gasteiger partial charge in [0.25, 0.3) is 0 Å². The minimum atomic E-state index is -3.90. The van der Waals surface area contributed by atoms with E-state index < -0.39 is 21.7 Å². The van der Waals surface area contributed by atoms with E-state index in [1.165, 1.54) is 6.92 Å². The van der Waals surface area contributed by atoms with E-state index in [-0.39, 0.29) is 21.9 Å². The Morgan fingerprint density at radius 3 is 2.71 bits per heavy atom. The van der Waals surface area contributed by atoms with Gasteiger partial charge in [0, 0.05) is 11.3 Å². The lowest BCUT2D eigenvalue weighted by atomic mass is 9.96. The zero-order chi connectivity index (χ0) is 15.6. The van der Waals surface area contributed by atoms with Gasteiger partial charge in [-0.25, -0.2) is 17.9 Å². The summed E-state index contributed by atoms with van der Waals surface area (Å²) in [5.74, 6) is -1.36. The van der Waals surface area contributed by atoms with Crippen LogP contribution in [0.3, 0.4) is 0 Å². The molecule has 0 saturated heterocycles. The zero-order valence-electron chi connectivity index (χ0n) is 11.9. The van der Waals surface area contributed by atoms with Crippen molar-refractivity contribution in [2.75, 3.05) is 6.26 Å². The van der Waals surface area contributed by atoms with Gasteiger partial charge in [0.1, 0.15) is 4.90 Å². The average molecular weight is 333 g/mol. The van der Waals surface area contributed by atoms with Crippen LogP contribution in [0.1, 0.15) is 41.9 Å². The van der Waals surface area contributed by atoms with Crippen molar-refractivity contribution in [3.05, 3.63) is 11.4 Å². The molecule has 0 amide bonds. The van der Waals surface area contributed by atoms with Crippen molar-refractivity contribution in [1.82, 2.24) is 14.9 Å². The first-order valence-corrected chi connectivity index (χ1v) is 9.47. The summed E-state index contributed by atoms with van der Waals surface area (Å²) >= 11 is 1.64. The first-order valence-electron chi connectivity index (χ1n) is 6.70. The highest BCUT2D eigenvalue weighted by molar-refractivity contribution is 7.99. The van der Waals surface area contributed by atoms with Crippen molar-refractivity contribution in [3.8, 4) is 0 Å². The fourth-order valence-electron chi connectivity index (χ4n) is 2.66. The molecule has 2 rings (SSSR count). The summed E-state index contributed by atoms with van der Waals surface area (Å²) in [5.41, 5.74) is -0.229. The quantitative estimate of drug-likeness (QED) is 0.750. The van der Waals surface area contributed by atoms with Crippen LogP contribution in [0.25, 0.3) is 0 Å². The lowest BCUT2D eigenvalue weighted by Gasteiger charge is -2.30. The Hall–Kier alpha value is -1.06. The summed E-state index contributed by atoms with van der Waals surface area (Å²) < 4.78 is 27.7. The van der Waals surface area contributed by atoms with E-state index in [1.54, 1.807) is 11.8 Å². The van der Waals surface area contributed by atoms with Crippen LogP contribution in [-0.2, 0) is 10.0 Å². The van der Waals surface area contributed by atoms with E-state index in [0.717, 1.165) is 25.7 Å². The number of aromatic carboxylic acids is 1. The minimum absolute atomic E-state index is 0.172. The number of rotatable bonds is 5. The molecular formula is C12H19N3O4S2. The van der Waals surface area contributed by atoms with E-state index in [4.69, 9.17) is 5.11 Å². The molecule has 0 bridgehead atoms. The van der Waals surface area contributed by atoms with Gasteiger partial charge in [0.05, 0.1) is 5.69 Å². The zero-order valence-corrected chi connectivity index (χ0v) is 13.6. The van der Waals surface area contributed by atoms with Crippen LogP contribution in [0.4, 0.5) is 0 Å². The smallest absolute Gasteiger partial charge is 0.357 e. The highest BCUT2D eigenvalue weighted by atomic mass is 32.2. The van der Waals surface area contributed by atoms with Crippen molar-refractivity contribution in [1.29, 1.82) is 0 Å². The van der Waals surface area contributed by atoms with Gasteiger partial charge in [-0.2, -0.15) is 16.9 Å². The van der Waals surface area contributed by atoms with Gasteiger partial charge in [-0.05, 0) is 26.0 Å². The Bertz CT molecular complexity index is 626. The molecule has 9 heteroatoms. The van der Waals surface area contributed by atoms with Crippen LogP contribution < -0.4 is 4.72 Å². The Morgan fingerprint density at radius 1 is 1.43 bits per heavy atom. The Kier molecular flexibility index (Phi) is 4.95. The van der Waals surface area contributed by atoms with Crippen LogP contribution in [0, 0.1) is 6.92 Å². The normalized spacial score (nSPS) is 23.1. The lowest BCUT2D eigenvalue weighted by molar-refractivity contribution is 0.0686. The minimum Gasteiger partial charge on any atom is -0.476 e. The molecule has 1 aliphatic rings. The molecule has 0 spiro atoms. The standard InChI is InChI=1S/C12H19N3O4S2/c1-7-11(10(12(16)17)14-13-7)21(18,19)15-8-5-3-4-6-9(8)20-2/h8-9,15H,3-6H2,1-2H3,(H,13,14)(H,16,17). The largest absolute Gasteiger partial charge is 0.476 e. The Labute approximate surface area is 127 Å². The number of aryl methyl sites for hydroxylation is 1. The molecule has 2 unspecified atom stereocenters. The number of hydrogen-bond donors (Lipinski definition) is 3. The van der Waals surface area contributed by atoms with Crippen LogP contribution in [-0.4, -0.2) is 47.2 Å². The molecule has 118 valence electrons. The molecule has 1 saturated carbocycles. The highest BCUT2D eigenvalue weighted by Crippen LogP contribution is 2.29. The number of nitrogens with one attached hydrogen (secondary N) is 2. The van der Waals surface area contributed by atoms with E-state index >= 15 is 0 Å². The van der Waals surface area contributed by atoms with Crippen molar-refractivity contribution in [3.63, 3.8) is 0 Å². The Morgan fingerprint density at radius 2 is 2.10 bits per heavy atom. The van der Waals surface area contributed by atoms with E-state index in [0.29, 0.717) is 0 Å². The molecule has 3 N–H and O–H groups in total. The monoisotopic (exact) mass is 333 g/mol. The predicted molar refractivity (Wildman–Crippen MR) is 80.2 cm³/mol. The van der Waals surface area contributed by atoms with Gasteiger partial charge in [0.15, 0.2) is 5.69 Å². The van der Waals surface area contributed by atoms with Crippen LogP contribution in [0.15, 0.2) is 4.90 Å². The van der Waals surface area contributed by atoms with Gasteiger partial charge in [-0.3, -0.25) is 5.10 Å². The van der Waals surface area contributed by atoms with Gasteiger partial charge in [0.2, 0.25) is 10.0 Å². The number of carboxylic acid groups (broad SMARTS) is 1. The molecule has 1 heterocycles. The van der Waals surface area contributed by atoms with E-state index in [2.05, 4.69) is 14.9 Å². The molecular weight excluding hydrogens is 314 g/mol. The predicted octanol–water partition coefficient (Wildman–Crippen LogP) is 1.37. The number of sulfonamides is 1. The number of carboxylic acids is 1. The van der Waals surface area contributed by atoms with Crippen LogP contribution in [0.2, 0.25) is 0 Å². The van der Waals surface area contributed by atoms with Gasteiger partial charge in [-0.15, -0.1) is 0 Å². The first kappa shape index (κ1) is 16.3. The van der Waals surface area contributed by atoms with Gasteiger partial charge >= 0.3 is 5.97 Å². The van der Waals surface area contributed by atoms with Gasteiger partial charge in [-0.1, -0.05) is 12.8 Å². The second kappa shape index (κ2) is 6.37. The molecule has 1 aromatic heterocycles. The molecule has 1 aliphatic carbocycles. The number of H-pyrrole nitrogens is 1. The third-order valence-corrected chi connectivity index (χ3v) is 6.49. The highest BCUT2D eigenvalue weighted by Gasteiger charge is 2.33. The molecule has 7 nitrogen and oxygen atoms in total. The number of thioether (sulfide) groups is 1. The number of hydrogen-bond acceptors (Lipinski definition) is 5. The molecule has 21 heavy (non-hydrogen) atoms. The van der Waals surface area contributed by atoms with Crippen molar-refractivity contribution >= 4 is 27.8 Å². The second-order valence-corrected chi connectivity index (χ2v) is 7.85. The van der Waals surface area contributed by atoms with Gasteiger partial charge < -0.3 is 5.11 Å². The van der Waals surface area contributed by atoms with Crippen molar-refractivity contribution in [2.24, 2.45) is 0 Å². The van der Waals surface area contributed by atoms with Crippen molar-refractivity contribution in [2.45, 2.75) is 48.8 Å². The third-order valence-electron chi connectivity index (χ3n) is 3.67. The lowest BCUT2D eigenvalue weighted by Crippen LogP contribution is -2.44. The summed E-state index contributed by atoms with van der Waals surface area (Å²) in [5, 5.41) is 15.3. The first-order chi connectivity index (χ1) is 9.86. The summed E-state index contributed by atoms with van der Waals surface area (Å²) in [4.78, 5) is 10.9. The molecule has 2 atom stereocenters. The maximum Gasteiger partial charge on any atom is 0.357 e. The van der Waals surface area contributed by atoms with E-state index in [9.17, 15) is 13.2 Å². The third kappa shape index (κ3) is 3.41. The Balaban J connectivity index is 2.30. The number of aromatic nitrogens is 2. The van der Waals surface area contributed by atoms with E-state index in [1.807, 2.05) is 6.26 Å². The van der Waals surface area contributed by atoms with Crippen LogP contribution >= 0.6 is 11.8 Å². The van der Waals surface area contributed by atoms with Crippen LogP contribution in [0.5, 0.6) is 0 Å². The maximum atomic E-state index is 12.5. The fourth-order valence-corrected chi connectivity index (χ4v) is 5.32. The molecule has 0 aliphatic heterocycles. The second-order valence-electron chi connectivity index (χ2n) is 5.12. The number of aromatic amines is 1. The topological polar surface area (TPSA) is 112 Å². The summed E-state index contributed by atoms with van der Waals surface area (Å²) in [6, 6.07) is -0.172. The average Bonchev–Trinajstić information content (AvgIpc) is 2.82. The molecule has 0 radical (unpaired) electrons. The summed E-state index contributed by atoms with van der Waals surface area (Å²) in [7, 11) is -3.90. The number of nitrogens with zero attached hydrogens (tertiary/aromatic N) is 1. The fraction of sp³-hybridized carbons (Fsp3) is 0.667. The summed E-state index contributed by atoms with van der Waals surface area (Å²) in [6.07, 6.45) is 5.76. The molecule has 0 aromatic carbocycles. The molecule has 1 fully saturated rings. The summed E-state index contributed by atoms with van der Waals surface area (Å²) in [6.45, 7) is 1.50. The maximum absolute atomic E-state index is 12.5. The SMILES string of the molecule is CSC1CCCCC1NS(=O)(=O)c1c(C(=O)O)n[nH]c1C.